The third-order valence-corrected chi connectivity index (χ3v) is 7.70. The van der Waals surface area contributed by atoms with Crippen LogP contribution in [0.15, 0.2) is 53.7 Å². The summed E-state index contributed by atoms with van der Waals surface area (Å²) < 4.78 is 35.7. The number of nitrogens with one attached hydrogen (secondary N) is 1. The summed E-state index contributed by atoms with van der Waals surface area (Å²) in [7, 11) is -2.56. The van der Waals surface area contributed by atoms with Gasteiger partial charge in [0.15, 0.2) is 5.65 Å². The number of hydrogen-bond donors (Lipinski definition) is 3. The predicted molar refractivity (Wildman–Crippen MR) is 133 cm³/mol. The van der Waals surface area contributed by atoms with Gasteiger partial charge in [0.1, 0.15) is 23.6 Å². The molecule has 1 saturated carbocycles. The van der Waals surface area contributed by atoms with Crippen molar-refractivity contribution in [1.29, 1.82) is 0 Å². The third kappa shape index (κ3) is 4.19. The fraction of sp³-hybridized carbons (Fsp3) is 0.250. The molecule has 4 N–H and O–H groups in total. The SMILES string of the molecule is COc1cc(-c2nn(C3CCCC3)c3ncnc(N)c23)ccc1NS(=O)(=O)c1ccc(C(=O)O)cc1. The van der Waals surface area contributed by atoms with Crippen molar-refractivity contribution >= 4 is 38.5 Å². The van der Waals surface area contributed by atoms with Gasteiger partial charge in [-0.2, -0.15) is 5.10 Å². The highest BCUT2D eigenvalue weighted by atomic mass is 32.2. The van der Waals surface area contributed by atoms with E-state index in [1.54, 1.807) is 18.2 Å². The summed E-state index contributed by atoms with van der Waals surface area (Å²) in [6.45, 7) is 0. The minimum atomic E-state index is -4.00. The number of sulfonamides is 1. The molecule has 11 nitrogen and oxygen atoms in total. The Hall–Kier alpha value is -4.19. The van der Waals surface area contributed by atoms with E-state index in [-0.39, 0.29) is 27.9 Å². The summed E-state index contributed by atoms with van der Waals surface area (Å²) in [4.78, 5) is 19.6. The Labute approximate surface area is 207 Å². The van der Waals surface area contributed by atoms with Gasteiger partial charge >= 0.3 is 5.97 Å². The van der Waals surface area contributed by atoms with Gasteiger partial charge in [0.25, 0.3) is 10.0 Å². The second-order valence-electron chi connectivity index (χ2n) is 8.54. The van der Waals surface area contributed by atoms with Gasteiger partial charge < -0.3 is 15.6 Å². The Morgan fingerprint density at radius 3 is 2.53 bits per heavy atom. The molecule has 0 unspecified atom stereocenters. The lowest BCUT2D eigenvalue weighted by atomic mass is 10.1. The summed E-state index contributed by atoms with van der Waals surface area (Å²) in [6.07, 6.45) is 5.71. The molecule has 1 fully saturated rings. The molecule has 2 heterocycles. The number of benzene rings is 2. The second kappa shape index (κ2) is 9.11. The zero-order valence-corrected chi connectivity index (χ0v) is 20.2. The van der Waals surface area contributed by atoms with E-state index in [1.165, 1.54) is 37.7 Å². The number of carboxylic acid groups (broad SMARTS) is 1. The highest BCUT2D eigenvalue weighted by molar-refractivity contribution is 7.92. The van der Waals surface area contributed by atoms with E-state index in [1.807, 2.05) is 4.68 Å². The van der Waals surface area contributed by atoms with Crippen LogP contribution in [0.4, 0.5) is 11.5 Å². The van der Waals surface area contributed by atoms with Crippen molar-refractivity contribution in [3.8, 4) is 17.0 Å². The number of carbonyl (C=O) groups is 1. The van der Waals surface area contributed by atoms with Gasteiger partial charge in [-0.15, -0.1) is 0 Å². The number of anilines is 2. The van der Waals surface area contributed by atoms with Gasteiger partial charge in [-0.05, 0) is 49.2 Å². The first-order chi connectivity index (χ1) is 17.3. The highest BCUT2D eigenvalue weighted by Crippen LogP contribution is 2.39. The Morgan fingerprint density at radius 2 is 1.86 bits per heavy atom. The molecule has 0 saturated heterocycles. The Morgan fingerprint density at radius 1 is 1.14 bits per heavy atom. The van der Waals surface area contributed by atoms with Crippen LogP contribution in [0.5, 0.6) is 5.75 Å². The maximum Gasteiger partial charge on any atom is 0.335 e. The Bertz CT molecular complexity index is 1560. The molecular formula is C24H24N6O5S. The molecule has 0 bridgehead atoms. The molecule has 186 valence electrons. The van der Waals surface area contributed by atoms with Crippen LogP contribution >= 0.6 is 0 Å². The van der Waals surface area contributed by atoms with Gasteiger partial charge in [-0.25, -0.2) is 27.9 Å². The van der Waals surface area contributed by atoms with Gasteiger partial charge in [0, 0.05) is 5.56 Å². The average molecular weight is 509 g/mol. The number of carboxylic acids is 1. The largest absolute Gasteiger partial charge is 0.495 e. The van der Waals surface area contributed by atoms with Gasteiger partial charge in [-0.1, -0.05) is 18.9 Å². The lowest BCUT2D eigenvalue weighted by Gasteiger charge is -2.13. The Balaban J connectivity index is 1.52. The third-order valence-electron chi connectivity index (χ3n) is 6.32. The number of rotatable bonds is 7. The van der Waals surface area contributed by atoms with E-state index >= 15 is 0 Å². The first kappa shape index (κ1) is 23.5. The fourth-order valence-corrected chi connectivity index (χ4v) is 5.57. The first-order valence-electron chi connectivity index (χ1n) is 11.3. The normalized spacial score (nSPS) is 14.2. The maximum atomic E-state index is 12.9. The number of nitrogens with two attached hydrogens (primary N) is 1. The monoisotopic (exact) mass is 508 g/mol. The lowest BCUT2D eigenvalue weighted by molar-refractivity contribution is 0.0696. The van der Waals surface area contributed by atoms with Crippen LogP contribution in [0.1, 0.15) is 42.1 Å². The van der Waals surface area contributed by atoms with Crippen molar-refractivity contribution < 1.29 is 23.1 Å². The topological polar surface area (TPSA) is 162 Å². The molecule has 1 aliphatic rings. The number of nitrogen functional groups attached to an aromatic ring is 1. The Kier molecular flexibility index (Phi) is 5.96. The molecule has 5 rings (SSSR count). The van der Waals surface area contributed by atoms with E-state index in [0.717, 1.165) is 25.7 Å². The maximum absolute atomic E-state index is 12.9. The second-order valence-corrected chi connectivity index (χ2v) is 10.2. The molecular weight excluding hydrogens is 484 g/mol. The van der Waals surface area contributed by atoms with Crippen molar-refractivity contribution in [2.45, 2.75) is 36.6 Å². The molecule has 0 spiro atoms. The molecule has 0 radical (unpaired) electrons. The summed E-state index contributed by atoms with van der Waals surface area (Å²) in [5.74, 6) is -0.553. The smallest absolute Gasteiger partial charge is 0.335 e. The minimum Gasteiger partial charge on any atom is -0.495 e. The molecule has 0 aliphatic heterocycles. The zero-order chi connectivity index (χ0) is 25.4. The lowest BCUT2D eigenvalue weighted by Crippen LogP contribution is -2.14. The quantitative estimate of drug-likeness (QED) is 0.338. The molecule has 2 aromatic carbocycles. The first-order valence-corrected chi connectivity index (χ1v) is 12.8. The number of methoxy groups -OCH3 is 1. The molecule has 4 aromatic rings. The van der Waals surface area contributed by atoms with Gasteiger partial charge in [-0.3, -0.25) is 4.72 Å². The van der Waals surface area contributed by atoms with Crippen molar-refractivity contribution in [1.82, 2.24) is 19.7 Å². The molecule has 1 aliphatic carbocycles. The molecule has 12 heteroatoms. The number of aromatic carboxylic acids is 1. The summed E-state index contributed by atoms with van der Waals surface area (Å²) in [5, 5.41) is 14.5. The van der Waals surface area contributed by atoms with Crippen LogP contribution in [0, 0.1) is 0 Å². The molecule has 0 amide bonds. The van der Waals surface area contributed by atoms with Crippen LogP contribution in [-0.4, -0.2) is 46.4 Å². The van der Waals surface area contributed by atoms with Crippen LogP contribution in [-0.2, 0) is 10.0 Å². The summed E-state index contributed by atoms with van der Waals surface area (Å²) >= 11 is 0. The van der Waals surface area contributed by atoms with Crippen molar-refractivity contribution in [2.75, 3.05) is 17.6 Å². The minimum absolute atomic E-state index is 0.0107. The number of hydrogen-bond acceptors (Lipinski definition) is 8. The van der Waals surface area contributed by atoms with E-state index in [2.05, 4.69) is 14.7 Å². The van der Waals surface area contributed by atoms with Crippen LogP contribution in [0.25, 0.3) is 22.3 Å². The van der Waals surface area contributed by atoms with Gasteiger partial charge in [0.05, 0.1) is 34.7 Å². The number of ether oxygens (including phenoxy) is 1. The standard InChI is InChI=1S/C24H24N6O5S/c1-35-19-12-15(8-11-18(19)29-36(33,34)17-9-6-14(7-10-17)24(31)32)21-20-22(25)26-13-27-23(20)30(28-21)16-4-2-3-5-16/h6-13,16,29H,2-5H2,1H3,(H,31,32)(H2,25,26,27). The molecule has 36 heavy (non-hydrogen) atoms. The summed E-state index contributed by atoms with van der Waals surface area (Å²) in [6, 6.07) is 10.1. The van der Waals surface area contributed by atoms with Crippen molar-refractivity contribution in [2.24, 2.45) is 0 Å². The van der Waals surface area contributed by atoms with E-state index in [4.69, 9.17) is 20.7 Å². The highest BCUT2D eigenvalue weighted by Gasteiger charge is 2.25. The van der Waals surface area contributed by atoms with E-state index in [0.29, 0.717) is 28.1 Å². The van der Waals surface area contributed by atoms with E-state index in [9.17, 15) is 13.2 Å². The predicted octanol–water partition coefficient (Wildman–Crippen LogP) is 3.70. The van der Waals surface area contributed by atoms with Gasteiger partial charge in [0.2, 0.25) is 0 Å². The van der Waals surface area contributed by atoms with Crippen LogP contribution in [0.3, 0.4) is 0 Å². The zero-order valence-electron chi connectivity index (χ0n) is 19.4. The van der Waals surface area contributed by atoms with Crippen LogP contribution in [0.2, 0.25) is 0 Å². The number of aromatic nitrogens is 4. The summed E-state index contributed by atoms with van der Waals surface area (Å²) in [5.41, 5.74) is 8.35. The van der Waals surface area contributed by atoms with E-state index < -0.39 is 16.0 Å². The molecule has 0 atom stereocenters. The molecule has 2 aromatic heterocycles. The fourth-order valence-electron chi connectivity index (χ4n) is 4.50. The number of nitrogens with zero attached hydrogens (tertiary/aromatic N) is 4. The van der Waals surface area contributed by atoms with Crippen molar-refractivity contribution in [3.63, 3.8) is 0 Å². The average Bonchev–Trinajstić information content (AvgIpc) is 3.53. The number of fused-ring (bicyclic) bond motifs is 1. The van der Waals surface area contributed by atoms with Crippen molar-refractivity contribution in [3.05, 3.63) is 54.4 Å². The van der Waals surface area contributed by atoms with Crippen LogP contribution < -0.4 is 15.2 Å².